The van der Waals surface area contributed by atoms with E-state index in [2.05, 4.69) is 20.4 Å². The topological polar surface area (TPSA) is 94.6 Å². The van der Waals surface area contributed by atoms with Gasteiger partial charge >= 0.3 is 12.3 Å². The minimum absolute atomic E-state index is 0.0897. The van der Waals surface area contributed by atoms with Crippen molar-refractivity contribution in [3.05, 3.63) is 71.0 Å². The van der Waals surface area contributed by atoms with Crippen LogP contribution < -0.4 is 15.4 Å². The van der Waals surface area contributed by atoms with Crippen LogP contribution in [0.2, 0.25) is 5.02 Å². The maximum Gasteiger partial charge on any atom is 0.573 e. The van der Waals surface area contributed by atoms with Crippen LogP contribution in [0, 0.1) is 0 Å². The Morgan fingerprint density at radius 1 is 1.00 bits per heavy atom. The van der Waals surface area contributed by atoms with Gasteiger partial charge in [0.1, 0.15) is 11.6 Å². The third-order valence-electron chi connectivity index (χ3n) is 6.00. The van der Waals surface area contributed by atoms with E-state index in [1.165, 1.54) is 25.3 Å². The average Bonchev–Trinajstić information content (AvgIpc) is 2.94. The fourth-order valence-electron chi connectivity index (χ4n) is 4.12. The number of hydrogen-bond acceptors (Lipinski definition) is 8. The number of rotatable bonds is 13. The SMILES string of the molecule is COC(=O)c1ccc2c(c1)nc(NCCOCCCCNCc1ccc(OC(F)(F)F)c(Cl)c1)c1ccncc12. The molecule has 0 aliphatic heterocycles. The van der Waals surface area contributed by atoms with E-state index in [-0.39, 0.29) is 5.02 Å². The Kier molecular flexibility index (Phi) is 9.97. The Hall–Kier alpha value is -3.67. The molecule has 2 aromatic heterocycles. The van der Waals surface area contributed by atoms with Crippen LogP contribution in [0.5, 0.6) is 5.75 Å². The van der Waals surface area contributed by atoms with Gasteiger partial charge in [-0.2, -0.15) is 0 Å². The highest BCUT2D eigenvalue weighted by atomic mass is 35.5. The number of esters is 1. The average molecular weight is 577 g/mol. The summed E-state index contributed by atoms with van der Waals surface area (Å²) in [4.78, 5) is 20.9. The molecule has 4 rings (SSSR count). The van der Waals surface area contributed by atoms with Gasteiger partial charge in [-0.1, -0.05) is 23.7 Å². The minimum Gasteiger partial charge on any atom is -0.465 e. The lowest BCUT2D eigenvalue weighted by Crippen LogP contribution is -2.18. The number of methoxy groups -OCH3 is 1. The van der Waals surface area contributed by atoms with Crippen molar-refractivity contribution in [3.63, 3.8) is 0 Å². The van der Waals surface area contributed by atoms with E-state index in [9.17, 15) is 18.0 Å². The maximum absolute atomic E-state index is 12.3. The monoisotopic (exact) mass is 576 g/mol. The highest BCUT2D eigenvalue weighted by Gasteiger charge is 2.32. The van der Waals surface area contributed by atoms with Crippen molar-refractivity contribution < 1.29 is 32.2 Å². The predicted molar refractivity (Wildman–Crippen MR) is 147 cm³/mol. The van der Waals surface area contributed by atoms with E-state index in [1.54, 1.807) is 24.5 Å². The van der Waals surface area contributed by atoms with E-state index in [4.69, 9.17) is 26.1 Å². The van der Waals surface area contributed by atoms with Crippen molar-refractivity contribution in [2.24, 2.45) is 0 Å². The molecule has 2 N–H and O–H groups in total. The van der Waals surface area contributed by atoms with Gasteiger partial charge in [0.15, 0.2) is 0 Å². The molecular formula is C28H28ClF3N4O4. The number of carbonyl (C=O) groups is 1. The summed E-state index contributed by atoms with van der Waals surface area (Å²) in [7, 11) is 1.34. The Morgan fingerprint density at radius 2 is 1.85 bits per heavy atom. The lowest BCUT2D eigenvalue weighted by atomic mass is 10.1. The van der Waals surface area contributed by atoms with Gasteiger partial charge in [0.2, 0.25) is 0 Å². The second-order valence-corrected chi connectivity index (χ2v) is 9.25. The summed E-state index contributed by atoms with van der Waals surface area (Å²) < 4.78 is 51.5. The molecule has 0 aliphatic rings. The quantitative estimate of drug-likeness (QED) is 0.112. The second-order valence-electron chi connectivity index (χ2n) is 8.84. The smallest absolute Gasteiger partial charge is 0.465 e. The fraction of sp³-hybridized carbons (Fsp3) is 0.321. The minimum atomic E-state index is -4.78. The summed E-state index contributed by atoms with van der Waals surface area (Å²) in [6, 6.07) is 11.4. The van der Waals surface area contributed by atoms with Crippen LogP contribution in [-0.4, -0.2) is 55.7 Å². The second kappa shape index (κ2) is 13.6. The molecule has 0 saturated heterocycles. The molecule has 2 heterocycles. The molecule has 0 unspecified atom stereocenters. The molecule has 8 nitrogen and oxygen atoms in total. The molecule has 0 spiro atoms. The van der Waals surface area contributed by atoms with Crippen molar-refractivity contribution in [1.82, 2.24) is 15.3 Å². The van der Waals surface area contributed by atoms with E-state index >= 15 is 0 Å². The molecule has 0 amide bonds. The Bertz CT molecular complexity index is 1470. The summed E-state index contributed by atoms with van der Waals surface area (Å²) in [5.74, 6) is -0.164. The molecule has 0 aliphatic carbocycles. The summed E-state index contributed by atoms with van der Waals surface area (Å²) >= 11 is 5.88. The molecule has 0 saturated carbocycles. The van der Waals surface area contributed by atoms with E-state index in [0.717, 1.165) is 34.6 Å². The molecule has 4 aromatic rings. The molecule has 0 atom stereocenters. The fourth-order valence-corrected chi connectivity index (χ4v) is 4.36. The normalized spacial score (nSPS) is 11.6. The maximum atomic E-state index is 12.3. The molecule has 0 fully saturated rings. The number of fused-ring (bicyclic) bond motifs is 3. The van der Waals surface area contributed by atoms with Crippen molar-refractivity contribution in [2.75, 3.05) is 38.7 Å². The van der Waals surface area contributed by atoms with Crippen LogP contribution in [0.1, 0.15) is 28.8 Å². The predicted octanol–water partition coefficient (Wildman–Crippen LogP) is 6.12. The first kappa shape index (κ1) is 29.3. The molecule has 212 valence electrons. The standard InChI is InChI=1S/C28H28ClF3N4O4/c1-38-27(37)19-5-6-20-22-17-34-10-8-21(22)26(36-24(20)15-19)35-11-13-39-12-3-2-9-33-16-18-4-7-25(23(29)14-18)40-28(30,31)32/h4-8,10,14-15,17,33H,2-3,9,11-13,16H2,1H3,(H,35,36). The summed E-state index contributed by atoms with van der Waals surface area (Å²) in [5.41, 5.74) is 1.84. The first-order valence-electron chi connectivity index (χ1n) is 12.6. The van der Waals surface area contributed by atoms with Crippen LogP contribution in [0.4, 0.5) is 19.0 Å². The zero-order valence-corrected chi connectivity index (χ0v) is 22.4. The number of alkyl halides is 3. The zero-order chi connectivity index (χ0) is 28.5. The van der Waals surface area contributed by atoms with Crippen molar-refractivity contribution in [1.29, 1.82) is 0 Å². The lowest BCUT2D eigenvalue weighted by Gasteiger charge is -2.12. The van der Waals surface area contributed by atoms with Crippen LogP contribution >= 0.6 is 11.6 Å². The van der Waals surface area contributed by atoms with Crippen LogP contribution in [0.25, 0.3) is 21.7 Å². The van der Waals surface area contributed by atoms with Gasteiger partial charge in [0, 0.05) is 48.2 Å². The number of unbranched alkanes of at least 4 members (excludes halogenated alkanes) is 1. The number of pyridine rings is 2. The van der Waals surface area contributed by atoms with Crippen LogP contribution in [0.15, 0.2) is 54.9 Å². The first-order valence-corrected chi connectivity index (χ1v) is 13.0. The molecule has 0 bridgehead atoms. The number of halogens is 4. The molecule has 0 radical (unpaired) electrons. The number of anilines is 1. The molecular weight excluding hydrogens is 549 g/mol. The molecule has 40 heavy (non-hydrogen) atoms. The van der Waals surface area contributed by atoms with E-state index < -0.39 is 18.1 Å². The van der Waals surface area contributed by atoms with Gasteiger partial charge in [-0.3, -0.25) is 4.98 Å². The highest BCUT2D eigenvalue weighted by molar-refractivity contribution is 6.32. The molecule has 12 heteroatoms. The number of nitrogens with zero attached hydrogens (tertiary/aromatic N) is 2. The first-order chi connectivity index (χ1) is 19.2. The largest absolute Gasteiger partial charge is 0.573 e. The van der Waals surface area contributed by atoms with Crippen molar-refractivity contribution in [2.45, 2.75) is 25.7 Å². The number of aromatic nitrogens is 2. The van der Waals surface area contributed by atoms with E-state index in [1.807, 2.05) is 12.1 Å². The number of hydrogen-bond donors (Lipinski definition) is 2. The Morgan fingerprint density at radius 3 is 2.62 bits per heavy atom. The van der Waals surface area contributed by atoms with Gasteiger partial charge in [0.05, 0.1) is 29.8 Å². The zero-order valence-electron chi connectivity index (χ0n) is 21.7. The summed E-state index contributed by atoms with van der Waals surface area (Å²) in [5, 5.41) is 9.20. The van der Waals surface area contributed by atoms with Gasteiger partial charge in [-0.25, -0.2) is 9.78 Å². The van der Waals surface area contributed by atoms with Gasteiger partial charge in [-0.15, -0.1) is 13.2 Å². The van der Waals surface area contributed by atoms with Crippen molar-refractivity contribution in [3.8, 4) is 5.75 Å². The number of nitrogens with one attached hydrogen (secondary N) is 2. The number of benzene rings is 2. The Balaban J connectivity index is 1.18. The number of ether oxygens (including phenoxy) is 3. The summed E-state index contributed by atoms with van der Waals surface area (Å²) in [6.45, 7) is 2.79. The highest BCUT2D eigenvalue weighted by Crippen LogP contribution is 2.31. The van der Waals surface area contributed by atoms with Crippen LogP contribution in [0.3, 0.4) is 0 Å². The van der Waals surface area contributed by atoms with Crippen LogP contribution in [-0.2, 0) is 16.0 Å². The third-order valence-corrected chi connectivity index (χ3v) is 6.29. The molecule has 2 aromatic carbocycles. The number of carbonyl (C=O) groups excluding carboxylic acids is 1. The lowest BCUT2D eigenvalue weighted by molar-refractivity contribution is -0.274. The van der Waals surface area contributed by atoms with E-state index in [0.29, 0.717) is 49.7 Å². The Labute approximate surface area is 233 Å². The third kappa shape index (κ3) is 7.93. The van der Waals surface area contributed by atoms with Gasteiger partial charge < -0.3 is 24.8 Å². The van der Waals surface area contributed by atoms with Crippen molar-refractivity contribution >= 4 is 45.1 Å². The van der Waals surface area contributed by atoms with Gasteiger partial charge in [-0.05, 0) is 55.3 Å². The summed E-state index contributed by atoms with van der Waals surface area (Å²) in [6.07, 6.45) is 0.408. The van der Waals surface area contributed by atoms with Gasteiger partial charge in [0.25, 0.3) is 0 Å².